The first-order valence-electron chi connectivity index (χ1n) is 11.2. The summed E-state index contributed by atoms with van der Waals surface area (Å²) < 4.78 is 42.0. The quantitative estimate of drug-likeness (QED) is 0.221. The molecule has 2 unspecified atom stereocenters. The molecule has 0 aliphatic carbocycles. The van der Waals surface area contributed by atoms with Crippen molar-refractivity contribution in [2.75, 3.05) is 25.0 Å². The van der Waals surface area contributed by atoms with E-state index in [9.17, 15) is 42.9 Å². The average Bonchev–Trinajstić information content (AvgIpc) is 2.81. The Bertz CT molecular complexity index is 1280. The van der Waals surface area contributed by atoms with E-state index in [0.717, 1.165) is 18.2 Å². The van der Waals surface area contributed by atoms with Crippen LogP contribution in [0.5, 0.6) is 11.5 Å². The van der Waals surface area contributed by atoms with Gasteiger partial charge in [0.15, 0.2) is 5.96 Å². The minimum atomic E-state index is -4.99. The van der Waals surface area contributed by atoms with Crippen LogP contribution in [0.25, 0.3) is 0 Å². The predicted octanol–water partition coefficient (Wildman–Crippen LogP) is 1.85. The van der Waals surface area contributed by atoms with Crippen LogP contribution in [0.3, 0.4) is 0 Å². The smallest absolute Gasteiger partial charge is 0.508 e. The summed E-state index contributed by atoms with van der Waals surface area (Å²) in [6.45, 7) is -0.192. The number of benzene rings is 2. The van der Waals surface area contributed by atoms with Crippen LogP contribution in [0, 0.1) is 0 Å². The van der Waals surface area contributed by atoms with Gasteiger partial charge in [-0.15, -0.1) is 13.2 Å². The van der Waals surface area contributed by atoms with Crippen molar-refractivity contribution >= 4 is 45.4 Å². The summed E-state index contributed by atoms with van der Waals surface area (Å²) in [5.74, 6) is -3.49. The third-order valence-corrected chi connectivity index (χ3v) is 5.52. The summed E-state index contributed by atoms with van der Waals surface area (Å²) in [4.78, 5) is 40.5. The molecule has 16 heteroatoms. The lowest BCUT2D eigenvalue weighted by atomic mass is 10.0. The molecule has 0 bridgehead atoms. The summed E-state index contributed by atoms with van der Waals surface area (Å²) in [6, 6.07) is 5.88. The molecule has 1 aliphatic rings. The summed E-state index contributed by atoms with van der Waals surface area (Å²) >= 11 is 3.03. The molecule has 2 atom stereocenters. The van der Waals surface area contributed by atoms with Crippen LogP contribution in [0.2, 0.25) is 0 Å². The average molecular weight is 618 g/mol. The molecule has 12 nitrogen and oxygen atoms in total. The number of anilines is 1. The molecule has 39 heavy (non-hydrogen) atoms. The summed E-state index contributed by atoms with van der Waals surface area (Å²) in [6.07, 6.45) is -6.29. The maximum Gasteiger partial charge on any atom is 0.573 e. The molecule has 1 aliphatic heterocycles. The molecular weight excluding hydrogens is 595 g/mol. The SMILES string of the molecule is O=C(O)CC(NC(=O)CNC(=O)c1cc(O)cc(NC2=NCC(O)CN2)c1)c1cc(Br)cc(OC(F)(F)F)c1. The molecule has 0 saturated heterocycles. The van der Waals surface area contributed by atoms with Crippen LogP contribution < -0.4 is 26.0 Å². The number of phenolic OH excluding ortho intramolecular Hbond substituents is 1. The molecule has 7 N–H and O–H groups in total. The molecule has 0 saturated carbocycles. The van der Waals surface area contributed by atoms with Crippen LogP contribution in [0.15, 0.2) is 45.9 Å². The number of carbonyl (C=O) groups excluding carboxylic acids is 2. The number of carboxylic acids is 1. The molecular formula is C23H23BrF3N5O7. The van der Waals surface area contributed by atoms with E-state index < -0.39 is 55.0 Å². The fraction of sp³-hybridized carbons (Fsp3) is 0.304. The first-order chi connectivity index (χ1) is 18.3. The number of amides is 2. The number of aliphatic imine (C=N–C) groups is 1. The van der Waals surface area contributed by atoms with Gasteiger partial charge < -0.3 is 41.3 Å². The number of β-amino-alcohol motifs (C(OH)–C–C–N with tert-alkyl or cyclic N) is 1. The van der Waals surface area contributed by atoms with Gasteiger partial charge in [0.1, 0.15) is 11.5 Å². The van der Waals surface area contributed by atoms with Gasteiger partial charge >= 0.3 is 12.3 Å². The molecule has 2 aromatic carbocycles. The molecule has 210 valence electrons. The number of ether oxygens (including phenoxy) is 1. The molecule has 1 heterocycles. The van der Waals surface area contributed by atoms with Gasteiger partial charge in [-0.1, -0.05) is 15.9 Å². The van der Waals surface area contributed by atoms with Crippen molar-refractivity contribution in [1.29, 1.82) is 0 Å². The number of halogens is 4. The largest absolute Gasteiger partial charge is 0.573 e. The third-order valence-electron chi connectivity index (χ3n) is 5.06. The van der Waals surface area contributed by atoms with E-state index in [1.807, 2.05) is 0 Å². The summed E-state index contributed by atoms with van der Waals surface area (Å²) in [5, 5.41) is 39.1. The maximum atomic E-state index is 12.6. The standard InChI is InChI=1S/C23H23BrF3N5O7/c24-13-1-11(4-17(5-13)39-23(25,26)27)18(7-20(36)37)32-19(35)10-28-21(38)12-2-14(6-15(33)3-12)31-22-29-8-16(34)9-30-22/h1-6,16,18,33-34H,7-10H2,(H,28,38)(H,32,35)(H,36,37)(H2,29,30,31). The van der Waals surface area contributed by atoms with E-state index in [4.69, 9.17) is 0 Å². The number of hydrogen-bond donors (Lipinski definition) is 7. The van der Waals surface area contributed by atoms with Crippen molar-refractivity contribution in [2.45, 2.75) is 24.9 Å². The molecule has 0 spiro atoms. The molecule has 0 aromatic heterocycles. The number of rotatable bonds is 9. The van der Waals surface area contributed by atoms with Crippen molar-refractivity contribution in [3.8, 4) is 11.5 Å². The number of aliphatic hydroxyl groups is 1. The number of aromatic hydroxyl groups is 1. The second-order valence-corrected chi connectivity index (χ2v) is 9.20. The summed E-state index contributed by atoms with van der Waals surface area (Å²) in [7, 11) is 0. The van der Waals surface area contributed by atoms with Gasteiger partial charge in [-0.25, -0.2) is 0 Å². The van der Waals surface area contributed by atoms with E-state index in [1.165, 1.54) is 18.2 Å². The van der Waals surface area contributed by atoms with E-state index in [1.54, 1.807) is 0 Å². The van der Waals surface area contributed by atoms with Crippen molar-refractivity contribution in [1.82, 2.24) is 16.0 Å². The number of hydrogen-bond acceptors (Lipinski definition) is 9. The fourth-order valence-electron chi connectivity index (χ4n) is 3.48. The monoisotopic (exact) mass is 617 g/mol. The number of nitrogens with zero attached hydrogens (tertiary/aromatic N) is 1. The number of aliphatic hydroxyl groups excluding tert-OH is 1. The van der Waals surface area contributed by atoms with Gasteiger partial charge in [0.25, 0.3) is 5.91 Å². The second-order valence-electron chi connectivity index (χ2n) is 8.29. The van der Waals surface area contributed by atoms with Gasteiger partial charge in [0, 0.05) is 28.3 Å². The zero-order valence-corrected chi connectivity index (χ0v) is 21.5. The van der Waals surface area contributed by atoms with Crippen LogP contribution in [-0.2, 0) is 9.59 Å². The molecule has 2 aromatic rings. The molecule has 3 rings (SSSR count). The number of aliphatic carboxylic acids is 1. The number of nitrogens with one attached hydrogen (secondary N) is 4. The van der Waals surface area contributed by atoms with Crippen LogP contribution >= 0.6 is 15.9 Å². The van der Waals surface area contributed by atoms with E-state index in [0.29, 0.717) is 11.6 Å². The lowest BCUT2D eigenvalue weighted by molar-refractivity contribution is -0.274. The van der Waals surface area contributed by atoms with Crippen LogP contribution in [-0.4, -0.2) is 71.2 Å². The van der Waals surface area contributed by atoms with Gasteiger partial charge in [-0.2, -0.15) is 0 Å². The Balaban J connectivity index is 1.66. The Morgan fingerprint density at radius 1 is 1.18 bits per heavy atom. The Morgan fingerprint density at radius 3 is 2.56 bits per heavy atom. The second kappa shape index (κ2) is 12.7. The van der Waals surface area contributed by atoms with Gasteiger partial charge in [-0.05, 0) is 35.9 Å². The summed E-state index contributed by atoms with van der Waals surface area (Å²) in [5.41, 5.74) is 0.284. The van der Waals surface area contributed by atoms with Crippen molar-refractivity contribution in [3.05, 3.63) is 52.0 Å². The van der Waals surface area contributed by atoms with E-state index in [-0.39, 0.29) is 34.4 Å². The Hall–Kier alpha value is -4.05. The lowest BCUT2D eigenvalue weighted by Gasteiger charge is -2.20. The van der Waals surface area contributed by atoms with Gasteiger partial charge in [-0.3, -0.25) is 19.4 Å². The highest BCUT2D eigenvalue weighted by Crippen LogP contribution is 2.30. The highest BCUT2D eigenvalue weighted by Gasteiger charge is 2.32. The highest BCUT2D eigenvalue weighted by atomic mass is 79.9. The van der Waals surface area contributed by atoms with Crippen molar-refractivity contribution in [2.24, 2.45) is 4.99 Å². The normalized spacial score (nSPS) is 15.8. The zero-order chi connectivity index (χ0) is 28.7. The Kier molecular flexibility index (Phi) is 9.58. The first-order valence-corrected chi connectivity index (χ1v) is 12.0. The minimum absolute atomic E-state index is 0.0150. The molecule has 0 radical (unpaired) electrons. The highest BCUT2D eigenvalue weighted by molar-refractivity contribution is 9.10. The third kappa shape index (κ3) is 9.64. The number of guanidine groups is 1. The molecule has 0 fully saturated rings. The zero-order valence-electron chi connectivity index (χ0n) is 19.9. The number of alkyl halides is 3. The molecule has 2 amide bonds. The maximum absolute atomic E-state index is 12.6. The number of carboxylic acid groups (broad SMARTS) is 1. The topological polar surface area (TPSA) is 182 Å². The Morgan fingerprint density at radius 2 is 1.92 bits per heavy atom. The predicted molar refractivity (Wildman–Crippen MR) is 134 cm³/mol. The van der Waals surface area contributed by atoms with Crippen molar-refractivity contribution in [3.63, 3.8) is 0 Å². The van der Waals surface area contributed by atoms with Crippen LogP contribution in [0.1, 0.15) is 28.4 Å². The van der Waals surface area contributed by atoms with Crippen LogP contribution in [0.4, 0.5) is 18.9 Å². The fourth-order valence-corrected chi connectivity index (χ4v) is 3.97. The minimum Gasteiger partial charge on any atom is -0.508 e. The van der Waals surface area contributed by atoms with Gasteiger partial charge in [0.2, 0.25) is 5.91 Å². The number of carbonyl (C=O) groups is 3. The van der Waals surface area contributed by atoms with E-state index in [2.05, 4.69) is 46.9 Å². The van der Waals surface area contributed by atoms with E-state index >= 15 is 0 Å². The van der Waals surface area contributed by atoms with Crippen molar-refractivity contribution < 1.29 is 47.6 Å². The van der Waals surface area contributed by atoms with Gasteiger partial charge in [0.05, 0.1) is 31.7 Å². The first kappa shape index (κ1) is 29.5. The number of phenols is 1. The lowest BCUT2D eigenvalue weighted by Crippen LogP contribution is -2.42. The Labute approximate surface area is 227 Å².